The number of benzene rings is 1. The molecule has 0 aliphatic heterocycles. The zero-order valence-electron chi connectivity index (χ0n) is 11.1. The summed E-state index contributed by atoms with van der Waals surface area (Å²) in [5.41, 5.74) is 0.507. The smallest absolute Gasteiger partial charge is 0.445 e. The molecule has 0 fully saturated rings. The van der Waals surface area contributed by atoms with Crippen LogP contribution in [0.1, 0.15) is 10.6 Å². The molecular formula is C12H9ClF3N3O2S. The van der Waals surface area contributed by atoms with Gasteiger partial charge in [-0.1, -0.05) is 22.9 Å². The number of hydrogen-bond donors (Lipinski definition) is 1. The Morgan fingerprint density at radius 3 is 2.73 bits per heavy atom. The number of carbonyl (C=O) groups is 1. The van der Waals surface area contributed by atoms with Gasteiger partial charge >= 0.3 is 6.18 Å². The fourth-order valence-corrected chi connectivity index (χ4v) is 2.43. The number of carbonyl (C=O) groups excluding carboxylic acids is 1. The van der Waals surface area contributed by atoms with E-state index in [4.69, 9.17) is 16.3 Å². The van der Waals surface area contributed by atoms with Gasteiger partial charge in [0.2, 0.25) is 16.0 Å². The molecule has 1 heterocycles. The van der Waals surface area contributed by atoms with Gasteiger partial charge in [-0.05, 0) is 18.2 Å². The summed E-state index contributed by atoms with van der Waals surface area (Å²) < 4.78 is 42.3. The van der Waals surface area contributed by atoms with E-state index in [1.807, 2.05) is 0 Å². The van der Waals surface area contributed by atoms with Crippen molar-refractivity contribution in [3.63, 3.8) is 0 Å². The first-order valence-corrected chi connectivity index (χ1v) is 7.02. The second kappa shape index (κ2) is 6.49. The SMILES string of the molecule is COc1ccc(Cl)cc1CC(=O)Nc1nnc(C(F)(F)F)s1. The average molecular weight is 352 g/mol. The van der Waals surface area contributed by atoms with Crippen molar-refractivity contribution in [1.82, 2.24) is 10.2 Å². The van der Waals surface area contributed by atoms with Gasteiger partial charge in [0.15, 0.2) is 0 Å². The second-order valence-corrected chi connectivity index (χ2v) is 5.51. The zero-order valence-corrected chi connectivity index (χ0v) is 12.6. The number of alkyl halides is 3. The molecule has 0 spiro atoms. The molecule has 1 N–H and O–H groups in total. The number of aromatic nitrogens is 2. The van der Waals surface area contributed by atoms with Crippen molar-refractivity contribution in [1.29, 1.82) is 0 Å². The van der Waals surface area contributed by atoms with Gasteiger partial charge in [0, 0.05) is 10.6 Å². The Bertz CT molecular complexity index is 690. The third-order valence-electron chi connectivity index (χ3n) is 2.51. The van der Waals surface area contributed by atoms with Crippen LogP contribution >= 0.6 is 22.9 Å². The first-order chi connectivity index (χ1) is 10.3. The maximum Gasteiger partial charge on any atom is 0.445 e. The highest BCUT2D eigenvalue weighted by Crippen LogP contribution is 2.33. The van der Waals surface area contributed by atoms with Gasteiger partial charge in [0.05, 0.1) is 13.5 Å². The molecule has 10 heteroatoms. The molecule has 0 radical (unpaired) electrons. The van der Waals surface area contributed by atoms with E-state index in [2.05, 4.69) is 15.5 Å². The molecule has 0 aliphatic rings. The number of halogens is 4. The van der Waals surface area contributed by atoms with Gasteiger partial charge < -0.3 is 10.1 Å². The normalized spacial score (nSPS) is 11.3. The van der Waals surface area contributed by atoms with Crippen molar-refractivity contribution in [2.45, 2.75) is 12.6 Å². The number of anilines is 1. The van der Waals surface area contributed by atoms with Crippen LogP contribution in [0.5, 0.6) is 5.75 Å². The highest BCUT2D eigenvalue weighted by molar-refractivity contribution is 7.15. The van der Waals surface area contributed by atoms with Gasteiger partial charge in [-0.2, -0.15) is 13.2 Å². The fourth-order valence-electron chi connectivity index (χ4n) is 1.61. The quantitative estimate of drug-likeness (QED) is 0.917. The third kappa shape index (κ3) is 4.08. The number of amides is 1. The van der Waals surface area contributed by atoms with E-state index < -0.39 is 17.1 Å². The van der Waals surface area contributed by atoms with Crippen LogP contribution in [-0.2, 0) is 17.4 Å². The molecule has 22 heavy (non-hydrogen) atoms. The van der Waals surface area contributed by atoms with Crippen LogP contribution in [0.2, 0.25) is 5.02 Å². The fraction of sp³-hybridized carbons (Fsp3) is 0.250. The predicted octanol–water partition coefficient (Wildman–Crippen LogP) is 3.40. The highest BCUT2D eigenvalue weighted by atomic mass is 35.5. The molecule has 2 aromatic rings. The van der Waals surface area contributed by atoms with Gasteiger partial charge in [0.1, 0.15) is 5.75 Å². The van der Waals surface area contributed by atoms with Crippen molar-refractivity contribution in [2.24, 2.45) is 0 Å². The van der Waals surface area contributed by atoms with Crippen LogP contribution in [0.3, 0.4) is 0 Å². The Hall–Kier alpha value is -1.87. The van der Waals surface area contributed by atoms with Crippen molar-refractivity contribution in [3.8, 4) is 5.75 Å². The van der Waals surface area contributed by atoms with Crippen molar-refractivity contribution >= 4 is 34.0 Å². The maximum atomic E-state index is 12.4. The lowest BCUT2D eigenvalue weighted by Gasteiger charge is -2.08. The van der Waals surface area contributed by atoms with Crippen molar-refractivity contribution < 1.29 is 22.7 Å². The molecule has 0 atom stereocenters. The molecule has 1 aromatic heterocycles. The topological polar surface area (TPSA) is 64.1 Å². The minimum Gasteiger partial charge on any atom is -0.496 e. The molecule has 0 unspecified atom stereocenters. The number of nitrogens with one attached hydrogen (secondary N) is 1. The van der Waals surface area contributed by atoms with Gasteiger partial charge in [-0.3, -0.25) is 4.79 Å². The molecule has 1 amide bonds. The van der Waals surface area contributed by atoms with Crippen LogP contribution in [0, 0.1) is 0 Å². The van der Waals surface area contributed by atoms with Gasteiger partial charge in [-0.15, -0.1) is 10.2 Å². The van der Waals surface area contributed by atoms with Gasteiger partial charge in [-0.25, -0.2) is 0 Å². The van der Waals surface area contributed by atoms with Crippen LogP contribution < -0.4 is 10.1 Å². The summed E-state index contributed by atoms with van der Waals surface area (Å²) in [6.45, 7) is 0. The monoisotopic (exact) mass is 351 g/mol. The molecule has 0 saturated carbocycles. The lowest BCUT2D eigenvalue weighted by molar-refractivity contribution is -0.138. The molecule has 0 saturated heterocycles. The Morgan fingerprint density at radius 1 is 1.41 bits per heavy atom. The number of nitrogens with zero attached hydrogens (tertiary/aromatic N) is 2. The van der Waals surface area contributed by atoms with Crippen LogP contribution in [0.15, 0.2) is 18.2 Å². The maximum absolute atomic E-state index is 12.4. The van der Waals surface area contributed by atoms with E-state index in [1.165, 1.54) is 7.11 Å². The molecular weight excluding hydrogens is 343 g/mol. The Balaban J connectivity index is 2.07. The molecule has 5 nitrogen and oxygen atoms in total. The minimum absolute atomic E-state index is 0.120. The Labute approximate surface area is 132 Å². The first-order valence-electron chi connectivity index (χ1n) is 5.82. The summed E-state index contributed by atoms with van der Waals surface area (Å²) in [5.74, 6) is -0.0989. The van der Waals surface area contributed by atoms with E-state index in [0.29, 0.717) is 16.3 Å². The van der Waals surface area contributed by atoms with E-state index in [0.717, 1.165) is 0 Å². The summed E-state index contributed by atoms with van der Waals surface area (Å²) in [5, 5.41) is 7.59. The van der Waals surface area contributed by atoms with Crippen molar-refractivity contribution in [2.75, 3.05) is 12.4 Å². The third-order valence-corrected chi connectivity index (χ3v) is 3.63. The summed E-state index contributed by atoms with van der Waals surface area (Å²) in [7, 11) is 1.44. The van der Waals surface area contributed by atoms with E-state index in [1.54, 1.807) is 18.2 Å². The number of hydrogen-bond acceptors (Lipinski definition) is 5. The number of ether oxygens (including phenoxy) is 1. The summed E-state index contributed by atoms with van der Waals surface area (Å²) in [6, 6.07) is 4.74. The summed E-state index contributed by atoms with van der Waals surface area (Å²) in [4.78, 5) is 11.9. The van der Waals surface area contributed by atoms with E-state index in [9.17, 15) is 18.0 Å². The van der Waals surface area contributed by atoms with Gasteiger partial charge in [0.25, 0.3) is 0 Å². The molecule has 2 rings (SSSR count). The minimum atomic E-state index is -4.59. The standard InChI is InChI=1S/C12H9ClF3N3O2S/c1-21-8-3-2-7(13)4-6(8)5-9(20)17-11-19-18-10(22-11)12(14,15)16/h2-4H,5H2,1H3,(H,17,19,20). The van der Waals surface area contributed by atoms with E-state index >= 15 is 0 Å². The second-order valence-electron chi connectivity index (χ2n) is 4.09. The lowest BCUT2D eigenvalue weighted by Crippen LogP contribution is -2.14. The highest BCUT2D eigenvalue weighted by Gasteiger charge is 2.35. The largest absolute Gasteiger partial charge is 0.496 e. The number of rotatable bonds is 4. The molecule has 118 valence electrons. The lowest BCUT2D eigenvalue weighted by atomic mass is 10.1. The van der Waals surface area contributed by atoms with Crippen molar-refractivity contribution in [3.05, 3.63) is 33.8 Å². The number of methoxy groups -OCH3 is 1. The molecule has 0 bridgehead atoms. The predicted molar refractivity (Wildman–Crippen MR) is 75.2 cm³/mol. The molecule has 1 aromatic carbocycles. The Morgan fingerprint density at radius 2 is 2.14 bits per heavy atom. The Kier molecular flexibility index (Phi) is 4.87. The van der Waals surface area contributed by atoms with Crippen LogP contribution in [0.4, 0.5) is 18.3 Å². The van der Waals surface area contributed by atoms with E-state index in [-0.39, 0.29) is 22.9 Å². The zero-order chi connectivity index (χ0) is 16.3. The van der Waals surface area contributed by atoms with Crippen LogP contribution in [0.25, 0.3) is 0 Å². The first kappa shape index (κ1) is 16.5. The van der Waals surface area contributed by atoms with Crippen LogP contribution in [-0.4, -0.2) is 23.2 Å². The summed E-state index contributed by atoms with van der Waals surface area (Å²) in [6.07, 6.45) is -4.71. The summed E-state index contributed by atoms with van der Waals surface area (Å²) >= 11 is 6.09. The average Bonchev–Trinajstić information content (AvgIpc) is 2.87. The molecule has 0 aliphatic carbocycles.